The summed E-state index contributed by atoms with van der Waals surface area (Å²) in [6.45, 7) is 6.63. The number of amides is 2. The molecule has 2 aromatic rings. The number of nitrogens with zero attached hydrogens (tertiary/aromatic N) is 1. The van der Waals surface area contributed by atoms with Crippen molar-refractivity contribution in [3.05, 3.63) is 65.2 Å². The quantitative estimate of drug-likeness (QED) is 0.806. The minimum absolute atomic E-state index is 0.158. The number of rotatable bonds is 6. The van der Waals surface area contributed by atoms with E-state index in [-0.39, 0.29) is 18.2 Å². The Bertz CT molecular complexity index is 739. The number of para-hydroxylation sites is 1. The molecule has 2 amide bonds. The number of nitrogens with one attached hydrogen (secondary N) is 1. The molecular weight excluding hydrogens is 312 g/mol. The molecule has 0 aliphatic heterocycles. The Balaban J connectivity index is 1.99. The van der Waals surface area contributed by atoms with E-state index in [0.29, 0.717) is 12.5 Å². The second-order valence-corrected chi connectivity index (χ2v) is 6.65. The van der Waals surface area contributed by atoms with Gasteiger partial charge in [0.05, 0.1) is 0 Å². The van der Waals surface area contributed by atoms with E-state index in [1.54, 1.807) is 11.9 Å². The van der Waals surface area contributed by atoms with Gasteiger partial charge in [-0.15, -0.1) is 0 Å². The molecular formula is C21H26N2O2. The maximum absolute atomic E-state index is 12.3. The Kier molecular flexibility index (Phi) is 6.34. The number of hydrogen-bond acceptors (Lipinski definition) is 2. The number of aryl methyl sites for hydroxylation is 1. The third-order valence-corrected chi connectivity index (χ3v) is 4.19. The number of carbonyl (C=O) groups is 2. The number of carbonyl (C=O) groups excluding carboxylic acids is 2. The van der Waals surface area contributed by atoms with Crippen LogP contribution in [0.1, 0.15) is 42.9 Å². The summed E-state index contributed by atoms with van der Waals surface area (Å²) in [4.78, 5) is 26.2. The second kappa shape index (κ2) is 8.47. The minimum Gasteiger partial charge on any atom is -0.341 e. The van der Waals surface area contributed by atoms with Crippen LogP contribution in [-0.2, 0) is 16.1 Å². The smallest absolute Gasteiger partial charge is 0.233 e. The molecule has 0 radical (unpaired) electrons. The molecule has 2 rings (SSSR count). The molecule has 0 heterocycles. The summed E-state index contributed by atoms with van der Waals surface area (Å²) < 4.78 is 0. The highest BCUT2D eigenvalue weighted by atomic mass is 16.2. The first-order chi connectivity index (χ1) is 11.9. The van der Waals surface area contributed by atoms with Crippen LogP contribution >= 0.6 is 0 Å². The molecule has 0 saturated heterocycles. The summed E-state index contributed by atoms with van der Waals surface area (Å²) in [7, 11) is 1.72. The van der Waals surface area contributed by atoms with Crippen LogP contribution < -0.4 is 5.32 Å². The van der Waals surface area contributed by atoms with Crippen LogP contribution in [0.3, 0.4) is 0 Å². The molecule has 25 heavy (non-hydrogen) atoms. The predicted octanol–water partition coefficient (Wildman–Crippen LogP) is 4.11. The standard InChI is InChI=1S/C21H26N2O2/c1-15(2)18-12-8-9-16(3)21(18)22-19(24)13-20(25)23(4)14-17-10-6-5-7-11-17/h5-12,15H,13-14H2,1-4H3,(H,22,24). The van der Waals surface area contributed by atoms with Crippen molar-refractivity contribution in [2.75, 3.05) is 12.4 Å². The zero-order valence-corrected chi connectivity index (χ0v) is 15.4. The molecule has 4 heteroatoms. The molecule has 0 aliphatic rings. The van der Waals surface area contributed by atoms with Gasteiger partial charge in [-0.05, 0) is 29.5 Å². The van der Waals surface area contributed by atoms with Gasteiger partial charge in [0, 0.05) is 19.3 Å². The van der Waals surface area contributed by atoms with Crippen LogP contribution in [-0.4, -0.2) is 23.8 Å². The van der Waals surface area contributed by atoms with Crippen molar-refractivity contribution in [2.24, 2.45) is 0 Å². The van der Waals surface area contributed by atoms with Crippen LogP contribution in [0.5, 0.6) is 0 Å². The molecule has 132 valence electrons. The van der Waals surface area contributed by atoms with Crippen molar-refractivity contribution in [1.82, 2.24) is 4.90 Å². The maximum Gasteiger partial charge on any atom is 0.233 e. The summed E-state index contributed by atoms with van der Waals surface area (Å²) in [5.41, 5.74) is 3.95. The Morgan fingerprint density at radius 3 is 2.36 bits per heavy atom. The fourth-order valence-corrected chi connectivity index (χ4v) is 2.74. The molecule has 0 atom stereocenters. The van der Waals surface area contributed by atoms with Gasteiger partial charge in [-0.2, -0.15) is 0 Å². The van der Waals surface area contributed by atoms with Crippen LogP contribution in [0.15, 0.2) is 48.5 Å². The van der Waals surface area contributed by atoms with Gasteiger partial charge in [0.2, 0.25) is 11.8 Å². The second-order valence-electron chi connectivity index (χ2n) is 6.65. The average Bonchev–Trinajstić information content (AvgIpc) is 2.57. The number of anilines is 1. The molecule has 0 unspecified atom stereocenters. The van der Waals surface area contributed by atoms with E-state index in [1.807, 2.05) is 55.5 Å². The summed E-state index contributed by atoms with van der Waals surface area (Å²) in [5.74, 6) is -0.172. The van der Waals surface area contributed by atoms with Crippen LogP contribution in [0.4, 0.5) is 5.69 Å². The van der Waals surface area contributed by atoms with Crippen molar-refractivity contribution >= 4 is 17.5 Å². The van der Waals surface area contributed by atoms with Crippen molar-refractivity contribution < 1.29 is 9.59 Å². The largest absolute Gasteiger partial charge is 0.341 e. The molecule has 0 bridgehead atoms. The van der Waals surface area contributed by atoms with E-state index in [9.17, 15) is 9.59 Å². The lowest BCUT2D eigenvalue weighted by Gasteiger charge is -2.19. The normalized spacial score (nSPS) is 10.6. The first-order valence-corrected chi connectivity index (χ1v) is 8.55. The average molecular weight is 338 g/mol. The van der Waals surface area contributed by atoms with E-state index in [4.69, 9.17) is 0 Å². The Morgan fingerprint density at radius 2 is 1.72 bits per heavy atom. The first kappa shape index (κ1) is 18.7. The van der Waals surface area contributed by atoms with Gasteiger partial charge in [0.15, 0.2) is 0 Å². The lowest BCUT2D eigenvalue weighted by Crippen LogP contribution is -2.30. The van der Waals surface area contributed by atoms with Crippen molar-refractivity contribution in [1.29, 1.82) is 0 Å². The third kappa shape index (κ3) is 5.18. The lowest BCUT2D eigenvalue weighted by molar-refractivity contribution is -0.134. The molecule has 0 fully saturated rings. The van der Waals surface area contributed by atoms with Crippen molar-refractivity contribution in [2.45, 2.75) is 39.7 Å². The minimum atomic E-state index is -0.277. The summed E-state index contributed by atoms with van der Waals surface area (Å²) in [6, 6.07) is 15.7. The van der Waals surface area contributed by atoms with Gasteiger partial charge in [-0.25, -0.2) is 0 Å². The molecule has 4 nitrogen and oxygen atoms in total. The van der Waals surface area contributed by atoms with E-state index < -0.39 is 0 Å². The fraction of sp³-hybridized carbons (Fsp3) is 0.333. The number of benzene rings is 2. The van der Waals surface area contributed by atoms with E-state index in [2.05, 4.69) is 19.2 Å². The fourth-order valence-electron chi connectivity index (χ4n) is 2.74. The van der Waals surface area contributed by atoms with Crippen molar-refractivity contribution in [3.8, 4) is 0 Å². The van der Waals surface area contributed by atoms with Gasteiger partial charge < -0.3 is 10.2 Å². The molecule has 2 aromatic carbocycles. The highest BCUT2D eigenvalue weighted by Crippen LogP contribution is 2.27. The predicted molar refractivity (Wildman–Crippen MR) is 101 cm³/mol. The Morgan fingerprint density at radius 1 is 1.04 bits per heavy atom. The van der Waals surface area contributed by atoms with Gasteiger partial charge in [0.1, 0.15) is 6.42 Å². The molecule has 0 aromatic heterocycles. The zero-order chi connectivity index (χ0) is 18.4. The third-order valence-electron chi connectivity index (χ3n) is 4.19. The van der Waals surface area contributed by atoms with Crippen LogP contribution in [0.25, 0.3) is 0 Å². The maximum atomic E-state index is 12.3. The highest BCUT2D eigenvalue weighted by Gasteiger charge is 2.17. The molecule has 1 N–H and O–H groups in total. The summed E-state index contributed by atoms with van der Waals surface area (Å²) >= 11 is 0. The zero-order valence-electron chi connectivity index (χ0n) is 15.4. The Labute approximate surface area is 149 Å². The highest BCUT2D eigenvalue weighted by molar-refractivity contribution is 6.04. The lowest BCUT2D eigenvalue weighted by atomic mass is 9.98. The SMILES string of the molecule is Cc1cccc(C(C)C)c1NC(=O)CC(=O)N(C)Cc1ccccc1. The molecule has 0 spiro atoms. The monoisotopic (exact) mass is 338 g/mol. The Hall–Kier alpha value is -2.62. The molecule has 0 saturated carbocycles. The van der Waals surface area contributed by atoms with Gasteiger partial charge in [-0.1, -0.05) is 62.4 Å². The van der Waals surface area contributed by atoms with E-state index in [1.165, 1.54) is 0 Å². The summed E-state index contributed by atoms with van der Waals surface area (Å²) in [6.07, 6.45) is -0.158. The van der Waals surface area contributed by atoms with Crippen LogP contribution in [0, 0.1) is 6.92 Å². The topological polar surface area (TPSA) is 49.4 Å². The summed E-state index contributed by atoms with van der Waals surface area (Å²) in [5, 5.41) is 2.92. The van der Waals surface area contributed by atoms with Crippen LogP contribution in [0.2, 0.25) is 0 Å². The van der Waals surface area contributed by atoms with Gasteiger partial charge in [-0.3, -0.25) is 9.59 Å². The number of hydrogen-bond donors (Lipinski definition) is 1. The van der Waals surface area contributed by atoms with E-state index >= 15 is 0 Å². The van der Waals surface area contributed by atoms with Gasteiger partial charge in [0.25, 0.3) is 0 Å². The van der Waals surface area contributed by atoms with E-state index in [0.717, 1.165) is 22.4 Å². The van der Waals surface area contributed by atoms with Crippen molar-refractivity contribution in [3.63, 3.8) is 0 Å². The molecule has 0 aliphatic carbocycles. The first-order valence-electron chi connectivity index (χ1n) is 8.55. The van der Waals surface area contributed by atoms with Gasteiger partial charge >= 0.3 is 0 Å².